The summed E-state index contributed by atoms with van der Waals surface area (Å²) in [6.07, 6.45) is 9.64. The van der Waals surface area contributed by atoms with Gasteiger partial charge in [-0.1, -0.05) is 46.5 Å². The van der Waals surface area contributed by atoms with Gasteiger partial charge in [0.2, 0.25) is 0 Å². The number of hydrogen-bond donors (Lipinski definition) is 0. The second-order valence-electron chi connectivity index (χ2n) is 6.55. The predicted octanol–water partition coefficient (Wildman–Crippen LogP) is 4.86. The molecule has 3 nitrogen and oxygen atoms in total. The standard InChI is InChI=1S/C18H32O3/c1-6-9-10-14(7-2)12-18(4)13-15(8-3)16(21-18)11-17(19)20-5/h11,14-15H,6-10,12-13H2,1-5H3. The van der Waals surface area contributed by atoms with Crippen LogP contribution in [0.15, 0.2) is 11.8 Å². The van der Waals surface area contributed by atoms with E-state index in [0.29, 0.717) is 11.8 Å². The van der Waals surface area contributed by atoms with E-state index in [1.165, 1.54) is 38.9 Å². The van der Waals surface area contributed by atoms with Gasteiger partial charge in [-0.2, -0.15) is 0 Å². The number of esters is 1. The number of methoxy groups -OCH3 is 1. The lowest BCUT2D eigenvalue weighted by Gasteiger charge is -2.28. The molecule has 1 fully saturated rings. The number of ether oxygens (including phenoxy) is 2. The molecule has 1 aliphatic rings. The van der Waals surface area contributed by atoms with Crippen molar-refractivity contribution in [3.05, 3.63) is 11.8 Å². The van der Waals surface area contributed by atoms with E-state index in [-0.39, 0.29) is 11.6 Å². The monoisotopic (exact) mass is 296 g/mol. The van der Waals surface area contributed by atoms with E-state index in [1.807, 2.05) is 0 Å². The third-order valence-corrected chi connectivity index (χ3v) is 4.66. The lowest BCUT2D eigenvalue weighted by molar-refractivity contribution is -0.135. The molecule has 0 N–H and O–H groups in total. The SMILES string of the molecule is CCCCC(CC)CC1(C)CC(CC)C(=CC(=O)OC)O1. The third-order valence-electron chi connectivity index (χ3n) is 4.66. The molecule has 1 aliphatic heterocycles. The fourth-order valence-electron chi connectivity index (χ4n) is 3.38. The van der Waals surface area contributed by atoms with Gasteiger partial charge in [-0.05, 0) is 32.1 Å². The van der Waals surface area contributed by atoms with Gasteiger partial charge >= 0.3 is 5.97 Å². The quantitative estimate of drug-likeness (QED) is 0.474. The number of allylic oxidation sites excluding steroid dienone is 1. The van der Waals surface area contributed by atoms with Crippen molar-refractivity contribution >= 4 is 5.97 Å². The average Bonchev–Trinajstić information content (AvgIpc) is 2.79. The predicted molar refractivity (Wildman–Crippen MR) is 85.9 cm³/mol. The Morgan fingerprint density at radius 2 is 2.19 bits per heavy atom. The number of unbranched alkanes of at least 4 members (excludes halogenated alkanes) is 1. The Morgan fingerprint density at radius 3 is 2.71 bits per heavy atom. The zero-order chi connectivity index (χ0) is 15.9. The molecule has 3 unspecified atom stereocenters. The molecule has 0 spiro atoms. The summed E-state index contributed by atoms with van der Waals surface area (Å²) in [6, 6.07) is 0. The Kier molecular flexibility index (Phi) is 7.27. The Labute approximate surface area is 130 Å². The second-order valence-corrected chi connectivity index (χ2v) is 6.55. The molecule has 3 heteroatoms. The van der Waals surface area contributed by atoms with E-state index in [9.17, 15) is 4.79 Å². The van der Waals surface area contributed by atoms with E-state index < -0.39 is 0 Å². The molecule has 0 saturated carbocycles. The van der Waals surface area contributed by atoms with Crippen LogP contribution >= 0.6 is 0 Å². The van der Waals surface area contributed by atoms with Crippen LogP contribution in [0.25, 0.3) is 0 Å². The minimum absolute atomic E-state index is 0.130. The van der Waals surface area contributed by atoms with Gasteiger partial charge in [0.1, 0.15) is 11.4 Å². The average molecular weight is 296 g/mol. The molecule has 0 radical (unpaired) electrons. The van der Waals surface area contributed by atoms with Crippen molar-refractivity contribution in [2.75, 3.05) is 7.11 Å². The summed E-state index contributed by atoms with van der Waals surface area (Å²) in [6.45, 7) is 8.85. The van der Waals surface area contributed by atoms with Gasteiger partial charge in [0.15, 0.2) is 0 Å². The highest BCUT2D eigenvalue weighted by molar-refractivity contribution is 5.82. The molecule has 0 aliphatic carbocycles. The van der Waals surface area contributed by atoms with Gasteiger partial charge in [-0.25, -0.2) is 4.79 Å². The normalized spacial score (nSPS) is 28.4. The molecule has 1 rings (SSSR count). The van der Waals surface area contributed by atoms with Crippen LogP contribution in [0.1, 0.15) is 72.6 Å². The maximum atomic E-state index is 11.5. The van der Waals surface area contributed by atoms with E-state index in [0.717, 1.165) is 25.0 Å². The van der Waals surface area contributed by atoms with Crippen LogP contribution in [-0.4, -0.2) is 18.7 Å². The van der Waals surface area contributed by atoms with E-state index in [4.69, 9.17) is 9.47 Å². The van der Waals surface area contributed by atoms with Gasteiger partial charge < -0.3 is 9.47 Å². The van der Waals surface area contributed by atoms with Crippen molar-refractivity contribution in [1.82, 2.24) is 0 Å². The summed E-state index contributed by atoms with van der Waals surface area (Å²) in [5.74, 6) is 1.56. The van der Waals surface area contributed by atoms with Crippen molar-refractivity contribution < 1.29 is 14.3 Å². The Hall–Kier alpha value is -0.990. The molecule has 1 heterocycles. The summed E-state index contributed by atoms with van der Waals surface area (Å²) < 4.78 is 10.9. The van der Waals surface area contributed by atoms with Crippen LogP contribution in [0, 0.1) is 11.8 Å². The van der Waals surface area contributed by atoms with Gasteiger partial charge in [0.25, 0.3) is 0 Å². The fourth-order valence-corrected chi connectivity index (χ4v) is 3.38. The van der Waals surface area contributed by atoms with Crippen molar-refractivity contribution in [3.8, 4) is 0 Å². The van der Waals surface area contributed by atoms with Gasteiger partial charge in [0.05, 0.1) is 13.2 Å². The van der Waals surface area contributed by atoms with Crippen molar-refractivity contribution in [2.24, 2.45) is 11.8 Å². The molecule has 0 aromatic rings. The van der Waals surface area contributed by atoms with Gasteiger partial charge in [0, 0.05) is 5.92 Å². The van der Waals surface area contributed by atoms with E-state index in [1.54, 1.807) is 0 Å². The van der Waals surface area contributed by atoms with E-state index in [2.05, 4.69) is 27.7 Å². The summed E-state index contributed by atoms with van der Waals surface area (Å²) >= 11 is 0. The Balaban J connectivity index is 2.74. The van der Waals surface area contributed by atoms with Crippen LogP contribution in [0.4, 0.5) is 0 Å². The van der Waals surface area contributed by atoms with Crippen LogP contribution in [0.5, 0.6) is 0 Å². The molecule has 122 valence electrons. The molecule has 0 aromatic heterocycles. The van der Waals surface area contributed by atoms with Crippen LogP contribution < -0.4 is 0 Å². The first-order chi connectivity index (χ1) is 9.97. The number of carbonyl (C=O) groups is 1. The highest BCUT2D eigenvalue weighted by Crippen LogP contribution is 2.43. The maximum Gasteiger partial charge on any atom is 0.333 e. The summed E-state index contributed by atoms with van der Waals surface area (Å²) in [7, 11) is 1.41. The van der Waals surface area contributed by atoms with Gasteiger partial charge in [-0.3, -0.25) is 0 Å². The Bertz CT molecular complexity index is 361. The molecular formula is C18H32O3. The first-order valence-corrected chi connectivity index (χ1v) is 8.46. The van der Waals surface area contributed by atoms with Crippen LogP contribution in [0.2, 0.25) is 0 Å². The Morgan fingerprint density at radius 1 is 1.48 bits per heavy atom. The highest BCUT2D eigenvalue weighted by Gasteiger charge is 2.41. The topological polar surface area (TPSA) is 35.5 Å². The lowest BCUT2D eigenvalue weighted by atomic mass is 9.83. The lowest BCUT2D eigenvalue weighted by Crippen LogP contribution is -2.26. The zero-order valence-electron chi connectivity index (χ0n) is 14.4. The number of hydrogen-bond acceptors (Lipinski definition) is 3. The van der Waals surface area contributed by atoms with Crippen LogP contribution in [0.3, 0.4) is 0 Å². The third kappa shape index (κ3) is 5.37. The molecule has 1 saturated heterocycles. The first kappa shape index (κ1) is 18.1. The van der Waals surface area contributed by atoms with Crippen molar-refractivity contribution in [2.45, 2.75) is 78.2 Å². The number of rotatable bonds is 8. The fraction of sp³-hybridized carbons (Fsp3) is 0.833. The van der Waals surface area contributed by atoms with E-state index >= 15 is 0 Å². The maximum absolute atomic E-state index is 11.5. The van der Waals surface area contributed by atoms with Crippen molar-refractivity contribution in [1.29, 1.82) is 0 Å². The molecule has 0 aromatic carbocycles. The van der Waals surface area contributed by atoms with Gasteiger partial charge in [-0.15, -0.1) is 0 Å². The second kappa shape index (κ2) is 8.45. The first-order valence-electron chi connectivity index (χ1n) is 8.46. The molecule has 0 bridgehead atoms. The largest absolute Gasteiger partial charge is 0.491 e. The zero-order valence-corrected chi connectivity index (χ0v) is 14.4. The van der Waals surface area contributed by atoms with Crippen LogP contribution in [-0.2, 0) is 14.3 Å². The molecule has 3 atom stereocenters. The summed E-state index contributed by atoms with van der Waals surface area (Å²) in [5.41, 5.74) is -0.130. The molecule has 21 heavy (non-hydrogen) atoms. The summed E-state index contributed by atoms with van der Waals surface area (Å²) in [4.78, 5) is 11.5. The van der Waals surface area contributed by atoms with Crippen molar-refractivity contribution in [3.63, 3.8) is 0 Å². The minimum atomic E-state index is -0.314. The summed E-state index contributed by atoms with van der Waals surface area (Å²) in [5, 5.41) is 0. The molecule has 0 amide bonds. The number of carbonyl (C=O) groups excluding carboxylic acids is 1. The minimum Gasteiger partial charge on any atom is -0.491 e. The molecular weight excluding hydrogens is 264 g/mol. The highest BCUT2D eigenvalue weighted by atomic mass is 16.5. The smallest absolute Gasteiger partial charge is 0.333 e.